The molecule has 1 aromatic carbocycles. The van der Waals surface area contributed by atoms with Crippen molar-refractivity contribution < 1.29 is 14.6 Å². The summed E-state index contributed by atoms with van der Waals surface area (Å²) in [5, 5.41) is 11.8. The predicted octanol–water partition coefficient (Wildman–Crippen LogP) is 1.31. The molecule has 1 rings (SSSR count). The summed E-state index contributed by atoms with van der Waals surface area (Å²) in [4.78, 5) is 11.3. The molecule has 0 fully saturated rings. The number of carbonyl (C=O) groups is 1. The summed E-state index contributed by atoms with van der Waals surface area (Å²) in [5.74, 6) is 0.375. The Hall–Kier alpha value is -1.55. The van der Waals surface area contributed by atoms with E-state index in [2.05, 4.69) is 5.32 Å². The Balaban J connectivity index is 2.87. The molecule has 0 aliphatic carbocycles. The molecule has 1 atom stereocenters. The number of ether oxygens (including phenoxy) is 1. The van der Waals surface area contributed by atoms with Crippen LogP contribution >= 0.6 is 0 Å². The van der Waals surface area contributed by atoms with E-state index < -0.39 is 6.10 Å². The number of nitrogens with one attached hydrogen (secondary N) is 1. The van der Waals surface area contributed by atoms with E-state index in [1.165, 1.54) is 6.92 Å². The maximum absolute atomic E-state index is 11.3. The lowest BCUT2D eigenvalue weighted by Gasteiger charge is -2.14. The number of rotatable bonds is 4. The lowest BCUT2D eigenvalue weighted by Crippen LogP contribution is -2.32. The van der Waals surface area contributed by atoms with Gasteiger partial charge in [-0.05, 0) is 38.0 Å². The predicted molar refractivity (Wildman–Crippen MR) is 66.0 cm³/mol. The van der Waals surface area contributed by atoms with Gasteiger partial charge in [-0.1, -0.05) is 6.07 Å². The third-order valence-electron chi connectivity index (χ3n) is 2.62. The van der Waals surface area contributed by atoms with Crippen LogP contribution in [0.5, 0.6) is 5.75 Å². The molecule has 1 aromatic rings. The van der Waals surface area contributed by atoms with Gasteiger partial charge in [0.05, 0.1) is 7.11 Å². The zero-order chi connectivity index (χ0) is 13.0. The van der Waals surface area contributed by atoms with Crippen LogP contribution in [0.1, 0.15) is 23.6 Å². The van der Waals surface area contributed by atoms with Crippen LogP contribution in [0.3, 0.4) is 0 Å². The highest BCUT2D eigenvalue weighted by atomic mass is 16.5. The average Bonchev–Trinajstić information content (AvgIpc) is 2.26. The van der Waals surface area contributed by atoms with Gasteiger partial charge in [0.2, 0.25) is 5.91 Å². The fraction of sp³-hybridized carbons (Fsp3) is 0.462. The van der Waals surface area contributed by atoms with Crippen molar-refractivity contribution >= 4 is 5.91 Å². The third-order valence-corrected chi connectivity index (χ3v) is 2.62. The number of amides is 1. The van der Waals surface area contributed by atoms with Crippen molar-refractivity contribution in [3.8, 4) is 5.75 Å². The van der Waals surface area contributed by atoms with Crippen molar-refractivity contribution in [2.24, 2.45) is 0 Å². The molecule has 0 heterocycles. The summed E-state index contributed by atoms with van der Waals surface area (Å²) in [6, 6.07) is 3.96. The number of methoxy groups -OCH3 is 1. The Morgan fingerprint density at radius 1 is 1.47 bits per heavy atom. The zero-order valence-corrected chi connectivity index (χ0v) is 10.7. The molecule has 0 radical (unpaired) electrons. The Labute approximate surface area is 102 Å². The van der Waals surface area contributed by atoms with Crippen molar-refractivity contribution in [2.45, 2.75) is 33.4 Å². The molecule has 1 unspecified atom stereocenters. The Kier molecular flexibility index (Phi) is 4.52. The number of aliphatic hydroxyl groups excluding tert-OH is 1. The zero-order valence-electron chi connectivity index (χ0n) is 10.7. The van der Waals surface area contributed by atoms with Crippen LogP contribution in [0.2, 0.25) is 0 Å². The molecule has 0 saturated heterocycles. The van der Waals surface area contributed by atoms with Gasteiger partial charge in [0.15, 0.2) is 0 Å². The molecule has 0 bridgehead atoms. The quantitative estimate of drug-likeness (QED) is 0.830. The second-order valence-electron chi connectivity index (χ2n) is 4.16. The van der Waals surface area contributed by atoms with E-state index in [0.717, 1.165) is 22.4 Å². The first-order chi connectivity index (χ1) is 7.95. The molecule has 2 N–H and O–H groups in total. The van der Waals surface area contributed by atoms with Crippen LogP contribution in [-0.2, 0) is 11.3 Å². The molecule has 0 spiro atoms. The second kappa shape index (κ2) is 5.68. The van der Waals surface area contributed by atoms with Crippen molar-refractivity contribution in [3.05, 3.63) is 28.8 Å². The highest BCUT2D eigenvalue weighted by Crippen LogP contribution is 2.23. The summed E-state index contributed by atoms with van der Waals surface area (Å²) >= 11 is 0. The fourth-order valence-electron chi connectivity index (χ4n) is 1.69. The first-order valence-electron chi connectivity index (χ1n) is 5.55. The Bertz CT molecular complexity index is 413. The van der Waals surface area contributed by atoms with Crippen molar-refractivity contribution in [1.29, 1.82) is 0 Å². The first kappa shape index (κ1) is 13.5. The van der Waals surface area contributed by atoms with Gasteiger partial charge < -0.3 is 15.2 Å². The van der Waals surface area contributed by atoms with Crippen LogP contribution in [0.4, 0.5) is 0 Å². The maximum Gasteiger partial charge on any atom is 0.248 e. The molecule has 4 nitrogen and oxygen atoms in total. The normalized spacial score (nSPS) is 12.1. The largest absolute Gasteiger partial charge is 0.496 e. The first-order valence-corrected chi connectivity index (χ1v) is 5.55. The minimum atomic E-state index is -0.994. The van der Waals surface area contributed by atoms with Gasteiger partial charge in [0.1, 0.15) is 11.9 Å². The van der Waals surface area contributed by atoms with Crippen molar-refractivity contribution in [3.63, 3.8) is 0 Å². The number of aryl methyl sites for hydroxylation is 2. The van der Waals surface area contributed by atoms with E-state index >= 15 is 0 Å². The monoisotopic (exact) mass is 237 g/mol. The molecule has 94 valence electrons. The SMILES string of the molecule is COc1cc(C)cc(C)c1CNC(=O)C(C)O. The molecule has 0 saturated carbocycles. The minimum Gasteiger partial charge on any atom is -0.496 e. The molecule has 0 aliphatic rings. The lowest BCUT2D eigenvalue weighted by atomic mass is 10.0. The molecule has 17 heavy (non-hydrogen) atoms. The minimum absolute atomic E-state index is 0.360. The second-order valence-corrected chi connectivity index (χ2v) is 4.16. The summed E-state index contributed by atoms with van der Waals surface area (Å²) in [5.41, 5.74) is 3.12. The van der Waals surface area contributed by atoms with Crippen molar-refractivity contribution in [2.75, 3.05) is 7.11 Å². The summed E-state index contributed by atoms with van der Waals surface area (Å²) in [7, 11) is 1.61. The fourth-order valence-corrected chi connectivity index (χ4v) is 1.69. The molecule has 1 amide bonds. The summed E-state index contributed by atoms with van der Waals surface area (Å²) in [6.07, 6.45) is -0.994. The van der Waals surface area contributed by atoms with E-state index in [1.54, 1.807) is 7.11 Å². The van der Waals surface area contributed by atoms with Gasteiger partial charge in [-0.2, -0.15) is 0 Å². The number of aliphatic hydroxyl groups is 1. The van der Waals surface area contributed by atoms with Gasteiger partial charge >= 0.3 is 0 Å². The molecular weight excluding hydrogens is 218 g/mol. The Morgan fingerprint density at radius 2 is 2.12 bits per heavy atom. The standard InChI is InChI=1S/C13H19NO3/c1-8-5-9(2)11(12(6-8)17-4)7-14-13(16)10(3)15/h5-6,10,15H,7H2,1-4H3,(H,14,16). The average molecular weight is 237 g/mol. The molecule has 4 heteroatoms. The van der Waals surface area contributed by atoms with Crippen molar-refractivity contribution in [1.82, 2.24) is 5.32 Å². The van der Waals surface area contributed by atoms with Crippen LogP contribution in [0, 0.1) is 13.8 Å². The number of hydrogen-bond acceptors (Lipinski definition) is 3. The van der Waals surface area contributed by atoms with Gasteiger partial charge in [-0.3, -0.25) is 4.79 Å². The lowest BCUT2D eigenvalue weighted by molar-refractivity contribution is -0.128. The van der Waals surface area contributed by atoms with Crippen LogP contribution in [0.15, 0.2) is 12.1 Å². The van der Waals surface area contributed by atoms with E-state index in [4.69, 9.17) is 9.84 Å². The van der Waals surface area contributed by atoms with Gasteiger partial charge in [0, 0.05) is 12.1 Å². The molecule has 0 aromatic heterocycles. The number of hydrogen-bond donors (Lipinski definition) is 2. The summed E-state index contributed by atoms with van der Waals surface area (Å²) in [6.45, 7) is 5.76. The molecular formula is C13H19NO3. The van der Waals surface area contributed by atoms with Crippen LogP contribution in [0.25, 0.3) is 0 Å². The van der Waals surface area contributed by atoms with Gasteiger partial charge in [0.25, 0.3) is 0 Å². The smallest absolute Gasteiger partial charge is 0.248 e. The van der Waals surface area contributed by atoms with Crippen LogP contribution < -0.4 is 10.1 Å². The van der Waals surface area contributed by atoms with Gasteiger partial charge in [-0.25, -0.2) is 0 Å². The number of benzene rings is 1. The van der Waals surface area contributed by atoms with E-state index in [-0.39, 0.29) is 5.91 Å². The van der Waals surface area contributed by atoms with Crippen LogP contribution in [-0.4, -0.2) is 24.2 Å². The Morgan fingerprint density at radius 3 is 2.65 bits per heavy atom. The molecule has 0 aliphatic heterocycles. The van der Waals surface area contributed by atoms with E-state index in [1.807, 2.05) is 26.0 Å². The van der Waals surface area contributed by atoms with E-state index in [9.17, 15) is 4.79 Å². The highest BCUT2D eigenvalue weighted by Gasteiger charge is 2.12. The number of carbonyl (C=O) groups excluding carboxylic acids is 1. The maximum atomic E-state index is 11.3. The summed E-state index contributed by atoms with van der Waals surface area (Å²) < 4.78 is 5.29. The van der Waals surface area contributed by atoms with E-state index in [0.29, 0.717) is 6.54 Å². The highest BCUT2D eigenvalue weighted by molar-refractivity contribution is 5.80. The van der Waals surface area contributed by atoms with Gasteiger partial charge in [-0.15, -0.1) is 0 Å². The topological polar surface area (TPSA) is 58.6 Å². The third kappa shape index (κ3) is 3.46.